The molecule has 0 spiro atoms. The second-order valence-electron chi connectivity index (χ2n) is 8.64. The fourth-order valence-corrected chi connectivity index (χ4v) is 4.57. The van der Waals surface area contributed by atoms with E-state index in [0.29, 0.717) is 16.3 Å². The zero-order valence-corrected chi connectivity index (χ0v) is 22.1. The molecule has 11 heteroatoms. The largest absolute Gasteiger partial charge is 0.352 e. The number of halogens is 2. The van der Waals surface area contributed by atoms with Gasteiger partial charge < -0.3 is 10.2 Å². The number of nitrogens with zero attached hydrogens (tertiary/aromatic N) is 3. The molecule has 2 rings (SSSR count). The van der Waals surface area contributed by atoms with Gasteiger partial charge in [0.15, 0.2) is 0 Å². The molecule has 2 aromatic rings. The van der Waals surface area contributed by atoms with E-state index < -0.39 is 46.2 Å². The molecule has 8 nitrogen and oxygen atoms in total. The summed E-state index contributed by atoms with van der Waals surface area (Å²) in [5, 5.41) is 2.86. The summed E-state index contributed by atoms with van der Waals surface area (Å²) in [6.45, 7) is 4.66. The third-order valence-electron chi connectivity index (χ3n) is 5.79. The highest BCUT2D eigenvalue weighted by atomic mass is 32.2. The van der Waals surface area contributed by atoms with Crippen LogP contribution < -0.4 is 9.62 Å². The van der Waals surface area contributed by atoms with Crippen molar-refractivity contribution in [2.45, 2.75) is 52.2 Å². The number of hydrogen-bond donors (Lipinski definition) is 1. The molecule has 36 heavy (non-hydrogen) atoms. The molecular formula is C25H34F2N4O4S. The predicted octanol–water partition coefficient (Wildman–Crippen LogP) is 3.30. The van der Waals surface area contributed by atoms with Gasteiger partial charge in [-0.1, -0.05) is 38.1 Å². The Morgan fingerprint density at radius 3 is 2.11 bits per heavy atom. The van der Waals surface area contributed by atoms with Gasteiger partial charge in [-0.2, -0.15) is 12.7 Å². The molecule has 2 atom stereocenters. The molecule has 0 bridgehead atoms. The van der Waals surface area contributed by atoms with Crippen molar-refractivity contribution in [1.82, 2.24) is 14.5 Å². The maximum atomic E-state index is 14.7. The van der Waals surface area contributed by atoms with Crippen LogP contribution in [0.4, 0.5) is 14.5 Å². The van der Waals surface area contributed by atoms with Crippen LogP contribution in [0.1, 0.15) is 39.2 Å². The second-order valence-corrected chi connectivity index (χ2v) is 10.7. The van der Waals surface area contributed by atoms with E-state index in [9.17, 15) is 26.8 Å². The van der Waals surface area contributed by atoms with E-state index in [4.69, 9.17) is 0 Å². The molecule has 0 saturated carbocycles. The number of anilines is 1. The first-order chi connectivity index (χ1) is 16.9. The monoisotopic (exact) mass is 524 g/mol. The van der Waals surface area contributed by atoms with Crippen LogP contribution in [0, 0.1) is 11.6 Å². The average molecular weight is 525 g/mol. The Labute approximate surface area is 212 Å². The number of amides is 2. The Morgan fingerprint density at radius 2 is 1.58 bits per heavy atom. The van der Waals surface area contributed by atoms with Crippen molar-refractivity contribution < 1.29 is 26.8 Å². The van der Waals surface area contributed by atoms with Gasteiger partial charge in [0.2, 0.25) is 11.8 Å². The first kappa shape index (κ1) is 29.2. The van der Waals surface area contributed by atoms with Gasteiger partial charge >= 0.3 is 10.2 Å². The molecule has 0 aliphatic rings. The molecule has 0 radical (unpaired) electrons. The molecule has 1 N–H and O–H groups in total. The Morgan fingerprint density at radius 1 is 0.972 bits per heavy atom. The van der Waals surface area contributed by atoms with Gasteiger partial charge in [-0.25, -0.2) is 13.1 Å². The molecule has 2 amide bonds. The van der Waals surface area contributed by atoms with Crippen LogP contribution in [0.3, 0.4) is 0 Å². The van der Waals surface area contributed by atoms with E-state index in [0.717, 1.165) is 10.4 Å². The molecule has 0 aromatic heterocycles. The lowest BCUT2D eigenvalue weighted by atomic mass is 10.1. The third kappa shape index (κ3) is 7.23. The molecule has 2 aromatic carbocycles. The van der Waals surface area contributed by atoms with Crippen molar-refractivity contribution in [2.24, 2.45) is 0 Å². The lowest BCUT2D eigenvalue weighted by molar-refractivity contribution is -0.140. The fourth-order valence-electron chi connectivity index (χ4n) is 3.50. The van der Waals surface area contributed by atoms with E-state index in [1.165, 1.54) is 61.5 Å². The smallest absolute Gasteiger partial charge is 0.304 e. The Kier molecular flexibility index (Phi) is 10.4. The third-order valence-corrected chi connectivity index (χ3v) is 7.60. The number of carbonyl (C=O) groups is 2. The topological polar surface area (TPSA) is 90.0 Å². The first-order valence-electron chi connectivity index (χ1n) is 11.7. The SMILES string of the molecule is CC[C@H](C)NC(=O)[C@H](CC)N(Cc1ccc(F)cc1)C(=O)CN(c1ccccc1F)S(=O)(=O)N(C)C. The number of carbonyl (C=O) groups excluding carboxylic acids is 2. The lowest BCUT2D eigenvalue weighted by Gasteiger charge is -2.34. The minimum absolute atomic E-state index is 0.0708. The van der Waals surface area contributed by atoms with E-state index in [-0.39, 0.29) is 24.7 Å². The van der Waals surface area contributed by atoms with Crippen LogP contribution in [0.25, 0.3) is 0 Å². The van der Waals surface area contributed by atoms with Crippen molar-refractivity contribution in [3.63, 3.8) is 0 Å². The molecule has 0 fully saturated rings. The Balaban J connectivity index is 2.51. The van der Waals surface area contributed by atoms with Crippen molar-refractivity contribution in [2.75, 3.05) is 24.9 Å². The number of nitrogens with one attached hydrogen (secondary N) is 1. The van der Waals surface area contributed by atoms with Crippen LogP contribution in [0.5, 0.6) is 0 Å². The Bertz CT molecular complexity index is 1140. The van der Waals surface area contributed by atoms with Gasteiger partial charge in [0, 0.05) is 26.7 Å². The molecule has 0 unspecified atom stereocenters. The molecule has 0 saturated heterocycles. The van der Waals surface area contributed by atoms with Crippen molar-refractivity contribution in [3.8, 4) is 0 Å². The number of benzene rings is 2. The second kappa shape index (κ2) is 12.8. The molecular weight excluding hydrogens is 490 g/mol. The summed E-state index contributed by atoms with van der Waals surface area (Å²) in [5.41, 5.74) is 0.255. The van der Waals surface area contributed by atoms with Crippen LogP contribution in [-0.2, 0) is 26.3 Å². The van der Waals surface area contributed by atoms with Gasteiger partial charge in [0.05, 0.1) is 5.69 Å². The summed E-state index contributed by atoms with van der Waals surface area (Å²) >= 11 is 0. The van der Waals surface area contributed by atoms with Crippen molar-refractivity contribution >= 4 is 27.7 Å². The molecule has 0 aliphatic heterocycles. The summed E-state index contributed by atoms with van der Waals surface area (Å²) in [6, 6.07) is 9.62. The number of rotatable bonds is 12. The number of hydrogen-bond acceptors (Lipinski definition) is 4. The minimum atomic E-state index is -4.27. The first-order valence-corrected chi connectivity index (χ1v) is 13.1. The standard InChI is InChI=1S/C25H34F2N4O4S/c1-6-18(3)28-25(33)22(7-2)30(16-19-12-14-20(26)15-13-19)24(32)17-31(36(34,35)29(4)5)23-11-9-8-10-21(23)27/h8-15,18,22H,6-7,16-17H2,1-5H3,(H,28,33)/t18-,22-/m0/s1. The Hall–Kier alpha value is -3.05. The van der Waals surface area contributed by atoms with Crippen LogP contribution in [0.2, 0.25) is 0 Å². The summed E-state index contributed by atoms with van der Waals surface area (Å²) < 4.78 is 55.9. The van der Waals surface area contributed by atoms with E-state index in [1.54, 1.807) is 6.92 Å². The zero-order valence-electron chi connectivity index (χ0n) is 21.2. The quantitative estimate of drug-likeness (QED) is 0.461. The van der Waals surface area contributed by atoms with E-state index in [1.807, 2.05) is 13.8 Å². The van der Waals surface area contributed by atoms with Crippen molar-refractivity contribution in [1.29, 1.82) is 0 Å². The summed E-state index contributed by atoms with van der Waals surface area (Å²) in [5.74, 6) is -2.38. The van der Waals surface area contributed by atoms with Gasteiger partial charge in [-0.3, -0.25) is 9.59 Å². The van der Waals surface area contributed by atoms with Crippen LogP contribution >= 0.6 is 0 Å². The van der Waals surface area contributed by atoms with Crippen molar-refractivity contribution in [3.05, 3.63) is 65.7 Å². The van der Waals surface area contributed by atoms with Gasteiger partial charge in [-0.15, -0.1) is 0 Å². The van der Waals surface area contributed by atoms with Crippen LogP contribution in [-0.4, -0.2) is 62.2 Å². The predicted molar refractivity (Wildman–Crippen MR) is 135 cm³/mol. The van der Waals surface area contributed by atoms with E-state index >= 15 is 0 Å². The summed E-state index contributed by atoms with van der Waals surface area (Å²) in [7, 11) is -1.72. The maximum absolute atomic E-state index is 14.7. The van der Waals surface area contributed by atoms with Crippen LogP contribution in [0.15, 0.2) is 48.5 Å². The fraction of sp³-hybridized carbons (Fsp3) is 0.440. The number of para-hydroxylation sites is 1. The molecule has 0 heterocycles. The zero-order chi connectivity index (χ0) is 27.0. The van der Waals surface area contributed by atoms with Gasteiger partial charge in [0.1, 0.15) is 24.2 Å². The highest BCUT2D eigenvalue weighted by molar-refractivity contribution is 7.90. The molecule has 198 valence electrons. The highest BCUT2D eigenvalue weighted by Gasteiger charge is 2.34. The summed E-state index contributed by atoms with van der Waals surface area (Å²) in [6.07, 6.45) is 0.922. The normalized spacial score (nSPS) is 13.2. The summed E-state index contributed by atoms with van der Waals surface area (Å²) in [4.78, 5) is 28.0. The molecule has 0 aliphatic carbocycles. The maximum Gasteiger partial charge on any atom is 0.304 e. The van der Waals surface area contributed by atoms with E-state index in [2.05, 4.69) is 5.32 Å². The minimum Gasteiger partial charge on any atom is -0.352 e. The lowest BCUT2D eigenvalue weighted by Crippen LogP contribution is -2.54. The average Bonchev–Trinajstić information content (AvgIpc) is 2.83. The van der Waals surface area contributed by atoms with Gasteiger partial charge in [0.25, 0.3) is 0 Å². The highest BCUT2D eigenvalue weighted by Crippen LogP contribution is 2.24. The van der Waals surface area contributed by atoms with Gasteiger partial charge in [-0.05, 0) is 49.6 Å².